The van der Waals surface area contributed by atoms with Gasteiger partial charge in [-0.25, -0.2) is 4.98 Å². The van der Waals surface area contributed by atoms with Gasteiger partial charge in [-0.3, -0.25) is 0 Å². The summed E-state index contributed by atoms with van der Waals surface area (Å²) in [4.78, 5) is 8.62. The minimum absolute atomic E-state index is 0.540. The summed E-state index contributed by atoms with van der Waals surface area (Å²) in [7, 11) is 0. The van der Waals surface area contributed by atoms with E-state index in [2.05, 4.69) is 9.97 Å². The lowest BCUT2D eigenvalue weighted by Crippen LogP contribution is -2.12. The number of rotatable bonds is 4. The standard InChI is InChI=1S/C13H21N3O/c1-3-11-15-12(14)9(2)13(16-11)17-8-10-6-4-5-7-10/h10H,3-8H2,1-2H3,(H2,14,15,16). The lowest BCUT2D eigenvalue weighted by atomic mass is 10.1. The summed E-state index contributed by atoms with van der Waals surface area (Å²) >= 11 is 0. The highest BCUT2D eigenvalue weighted by Gasteiger charge is 2.17. The second kappa shape index (κ2) is 5.34. The average molecular weight is 235 g/mol. The molecule has 0 bridgehead atoms. The number of nitrogens with zero attached hydrogens (tertiary/aromatic N) is 2. The zero-order valence-corrected chi connectivity index (χ0v) is 10.7. The highest BCUT2D eigenvalue weighted by atomic mass is 16.5. The molecule has 1 heterocycles. The molecule has 4 nitrogen and oxygen atoms in total. The molecule has 0 amide bonds. The van der Waals surface area contributed by atoms with Crippen LogP contribution in [-0.2, 0) is 6.42 Å². The number of nitrogens with two attached hydrogens (primary N) is 1. The first-order valence-corrected chi connectivity index (χ1v) is 6.46. The predicted molar refractivity (Wildman–Crippen MR) is 68.0 cm³/mol. The van der Waals surface area contributed by atoms with E-state index < -0.39 is 0 Å². The number of nitrogen functional groups attached to an aromatic ring is 1. The molecule has 0 radical (unpaired) electrons. The number of hydrogen-bond acceptors (Lipinski definition) is 4. The van der Waals surface area contributed by atoms with Crippen molar-refractivity contribution in [2.45, 2.75) is 46.0 Å². The van der Waals surface area contributed by atoms with Gasteiger partial charge in [0.25, 0.3) is 0 Å². The molecule has 0 aliphatic heterocycles. The number of aryl methyl sites for hydroxylation is 1. The zero-order valence-electron chi connectivity index (χ0n) is 10.7. The second-order valence-electron chi connectivity index (χ2n) is 4.77. The lowest BCUT2D eigenvalue weighted by Gasteiger charge is -2.13. The third-order valence-corrected chi connectivity index (χ3v) is 3.43. The van der Waals surface area contributed by atoms with Crippen LogP contribution in [0.25, 0.3) is 0 Å². The van der Waals surface area contributed by atoms with Crippen LogP contribution in [0.15, 0.2) is 0 Å². The minimum Gasteiger partial charge on any atom is -0.477 e. The summed E-state index contributed by atoms with van der Waals surface area (Å²) in [6.45, 7) is 4.70. The van der Waals surface area contributed by atoms with Crippen molar-refractivity contribution in [3.63, 3.8) is 0 Å². The molecule has 94 valence electrons. The number of hydrogen-bond donors (Lipinski definition) is 1. The van der Waals surface area contributed by atoms with Gasteiger partial charge in [0.15, 0.2) is 0 Å². The lowest BCUT2D eigenvalue weighted by molar-refractivity contribution is 0.241. The van der Waals surface area contributed by atoms with Crippen LogP contribution in [0.2, 0.25) is 0 Å². The predicted octanol–water partition coefficient (Wildman–Crippen LogP) is 2.50. The van der Waals surface area contributed by atoms with E-state index in [9.17, 15) is 0 Å². The summed E-state index contributed by atoms with van der Waals surface area (Å²) in [6.07, 6.45) is 6.00. The monoisotopic (exact) mass is 235 g/mol. The summed E-state index contributed by atoms with van der Waals surface area (Å²) in [5.41, 5.74) is 6.71. The molecule has 0 unspecified atom stereocenters. The van der Waals surface area contributed by atoms with Crippen molar-refractivity contribution in [2.24, 2.45) is 5.92 Å². The van der Waals surface area contributed by atoms with Crippen LogP contribution < -0.4 is 10.5 Å². The Morgan fingerprint density at radius 3 is 2.65 bits per heavy atom. The van der Waals surface area contributed by atoms with Gasteiger partial charge in [-0.2, -0.15) is 4.98 Å². The quantitative estimate of drug-likeness (QED) is 0.871. The molecule has 1 aliphatic rings. The SMILES string of the molecule is CCc1nc(N)c(C)c(OCC2CCCC2)n1. The van der Waals surface area contributed by atoms with Gasteiger partial charge in [0.1, 0.15) is 11.6 Å². The maximum absolute atomic E-state index is 5.85. The van der Waals surface area contributed by atoms with Gasteiger partial charge in [-0.05, 0) is 25.7 Å². The van der Waals surface area contributed by atoms with Crippen LogP contribution in [0.1, 0.15) is 44.0 Å². The Morgan fingerprint density at radius 1 is 1.29 bits per heavy atom. The van der Waals surface area contributed by atoms with Gasteiger partial charge in [0.2, 0.25) is 5.88 Å². The second-order valence-corrected chi connectivity index (χ2v) is 4.77. The first-order chi connectivity index (χ1) is 8.20. The van der Waals surface area contributed by atoms with Crippen molar-refractivity contribution in [1.82, 2.24) is 9.97 Å². The normalized spacial score (nSPS) is 16.4. The first kappa shape index (κ1) is 12.1. The third-order valence-electron chi connectivity index (χ3n) is 3.43. The molecular weight excluding hydrogens is 214 g/mol. The highest BCUT2D eigenvalue weighted by Crippen LogP contribution is 2.26. The fourth-order valence-corrected chi connectivity index (χ4v) is 2.23. The van der Waals surface area contributed by atoms with E-state index >= 15 is 0 Å². The van der Waals surface area contributed by atoms with Crippen molar-refractivity contribution in [1.29, 1.82) is 0 Å². The van der Waals surface area contributed by atoms with E-state index in [4.69, 9.17) is 10.5 Å². The molecule has 0 aromatic carbocycles. The number of ether oxygens (including phenoxy) is 1. The van der Waals surface area contributed by atoms with E-state index in [1.54, 1.807) is 0 Å². The minimum atomic E-state index is 0.540. The van der Waals surface area contributed by atoms with Crippen LogP contribution in [0, 0.1) is 12.8 Å². The first-order valence-electron chi connectivity index (χ1n) is 6.46. The Morgan fingerprint density at radius 2 is 2.00 bits per heavy atom. The molecule has 0 saturated heterocycles. The molecule has 1 saturated carbocycles. The summed E-state index contributed by atoms with van der Waals surface area (Å²) in [5, 5.41) is 0. The van der Waals surface area contributed by atoms with Crippen LogP contribution in [-0.4, -0.2) is 16.6 Å². The summed E-state index contributed by atoms with van der Waals surface area (Å²) in [5.74, 6) is 2.66. The van der Waals surface area contributed by atoms with E-state index in [0.29, 0.717) is 17.6 Å². The molecule has 1 aromatic heterocycles. The van der Waals surface area contributed by atoms with E-state index in [1.165, 1.54) is 25.7 Å². The van der Waals surface area contributed by atoms with Crippen molar-refractivity contribution >= 4 is 5.82 Å². The maximum Gasteiger partial charge on any atom is 0.221 e. The molecule has 0 atom stereocenters. The molecular formula is C13H21N3O. The fraction of sp³-hybridized carbons (Fsp3) is 0.692. The Labute approximate surface area is 103 Å². The smallest absolute Gasteiger partial charge is 0.221 e. The van der Waals surface area contributed by atoms with Gasteiger partial charge in [0, 0.05) is 6.42 Å². The Balaban J connectivity index is 2.05. The summed E-state index contributed by atoms with van der Waals surface area (Å²) in [6, 6.07) is 0. The Hall–Kier alpha value is -1.32. The summed E-state index contributed by atoms with van der Waals surface area (Å²) < 4.78 is 5.81. The molecule has 1 aromatic rings. The van der Waals surface area contributed by atoms with Crippen molar-refractivity contribution in [2.75, 3.05) is 12.3 Å². The third kappa shape index (κ3) is 2.87. The van der Waals surface area contributed by atoms with Gasteiger partial charge in [0.05, 0.1) is 12.2 Å². The maximum atomic E-state index is 5.85. The van der Waals surface area contributed by atoms with Crippen LogP contribution >= 0.6 is 0 Å². The van der Waals surface area contributed by atoms with Gasteiger partial charge in [-0.1, -0.05) is 19.8 Å². The molecule has 0 spiro atoms. The van der Waals surface area contributed by atoms with Gasteiger partial charge >= 0.3 is 0 Å². The van der Waals surface area contributed by atoms with Crippen LogP contribution in [0.4, 0.5) is 5.82 Å². The molecule has 1 aliphatic carbocycles. The molecule has 2 rings (SSSR count). The topological polar surface area (TPSA) is 61.0 Å². The number of aromatic nitrogens is 2. The Bertz CT molecular complexity index is 386. The van der Waals surface area contributed by atoms with Gasteiger partial charge < -0.3 is 10.5 Å². The highest BCUT2D eigenvalue weighted by molar-refractivity contribution is 5.44. The molecule has 17 heavy (non-hydrogen) atoms. The van der Waals surface area contributed by atoms with Crippen molar-refractivity contribution in [3.05, 3.63) is 11.4 Å². The number of anilines is 1. The van der Waals surface area contributed by atoms with Gasteiger partial charge in [-0.15, -0.1) is 0 Å². The molecule has 2 N–H and O–H groups in total. The van der Waals surface area contributed by atoms with E-state index in [1.807, 2.05) is 13.8 Å². The molecule has 1 fully saturated rings. The average Bonchev–Trinajstić information content (AvgIpc) is 2.84. The fourth-order valence-electron chi connectivity index (χ4n) is 2.23. The Kier molecular flexibility index (Phi) is 3.82. The van der Waals surface area contributed by atoms with Crippen LogP contribution in [0.3, 0.4) is 0 Å². The van der Waals surface area contributed by atoms with Crippen LogP contribution in [0.5, 0.6) is 5.88 Å². The molecule has 4 heteroatoms. The van der Waals surface area contributed by atoms with E-state index in [-0.39, 0.29) is 0 Å². The van der Waals surface area contributed by atoms with Crippen molar-refractivity contribution in [3.8, 4) is 5.88 Å². The van der Waals surface area contributed by atoms with E-state index in [0.717, 1.165) is 24.4 Å². The van der Waals surface area contributed by atoms with Crippen molar-refractivity contribution < 1.29 is 4.74 Å². The largest absolute Gasteiger partial charge is 0.477 e. The zero-order chi connectivity index (χ0) is 12.3.